The Balaban J connectivity index is 1.56. The lowest BCUT2D eigenvalue weighted by Gasteiger charge is -2.32. The lowest BCUT2D eigenvalue weighted by Crippen LogP contribution is -2.50. The SMILES string of the molecule is CC(Sc1nc2c(n1-c1ccccc1)CCCC2)C(=O)NC1(C#N)CCCCC1. The highest BCUT2D eigenvalue weighted by Gasteiger charge is 2.35. The number of nitrogens with one attached hydrogen (secondary N) is 1. The number of fused-ring (bicyclic) bond motifs is 1. The molecule has 1 heterocycles. The van der Waals surface area contributed by atoms with Gasteiger partial charge in [0.05, 0.1) is 17.0 Å². The van der Waals surface area contributed by atoms with Crippen LogP contribution in [0.25, 0.3) is 5.69 Å². The number of aromatic nitrogens is 2. The molecule has 0 aliphatic heterocycles. The van der Waals surface area contributed by atoms with Crippen LogP contribution in [0.1, 0.15) is 63.3 Å². The van der Waals surface area contributed by atoms with Gasteiger partial charge < -0.3 is 5.32 Å². The van der Waals surface area contributed by atoms with Crippen LogP contribution in [0.5, 0.6) is 0 Å². The number of hydrogen-bond acceptors (Lipinski definition) is 4. The summed E-state index contributed by atoms with van der Waals surface area (Å²) in [4.78, 5) is 17.9. The van der Waals surface area contributed by atoms with E-state index in [1.807, 2.05) is 25.1 Å². The summed E-state index contributed by atoms with van der Waals surface area (Å²) in [5.74, 6) is -0.0703. The minimum atomic E-state index is -0.696. The molecule has 2 aromatic rings. The molecule has 1 aromatic heterocycles. The van der Waals surface area contributed by atoms with Gasteiger partial charge in [-0.2, -0.15) is 5.26 Å². The van der Waals surface area contributed by atoms with E-state index in [1.54, 1.807) is 0 Å². The largest absolute Gasteiger partial charge is 0.337 e. The highest BCUT2D eigenvalue weighted by molar-refractivity contribution is 8.00. The summed E-state index contributed by atoms with van der Waals surface area (Å²) in [7, 11) is 0. The zero-order valence-corrected chi connectivity index (χ0v) is 17.8. The molecule has 5 nitrogen and oxygen atoms in total. The molecule has 1 unspecified atom stereocenters. The smallest absolute Gasteiger partial charge is 0.234 e. The molecule has 1 fully saturated rings. The van der Waals surface area contributed by atoms with Gasteiger partial charge in [0, 0.05) is 11.4 Å². The molecule has 1 N–H and O–H groups in total. The van der Waals surface area contributed by atoms with Gasteiger partial charge >= 0.3 is 0 Å². The highest BCUT2D eigenvalue weighted by atomic mass is 32.2. The number of nitriles is 1. The first-order chi connectivity index (χ1) is 14.1. The third-order valence-corrected chi connectivity index (χ3v) is 7.10. The zero-order chi connectivity index (χ0) is 20.3. The van der Waals surface area contributed by atoms with Gasteiger partial charge in [0.25, 0.3) is 0 Å². The summed E-state index contributed by atoms with van der Waals surface area (Å²) in [6.45, 7) is 1.91. The minimum absolute atomic E-state index is 0.0703. The number of imidazole rings is 1. The summed E-state index contributed by atoms with van der Waals surface area (Å²) < 4.78 is 2.23. The monoisotopic (exact) mass is 408 g/mol. The van der Waals surface area contributed by atoms with Crippen LogP contribution in [0, 0.1) is 11.3 Å². The van der Waals surface area contributed by atoms with Crippen molar-refractivity contribution in [2.24, 2.45) is 0 Å². The van der Waals surface area contributed by atoms with E-state index in [2.05, 4.69) is 28.1 Å². The number of hydrogen-bond donors (Lipinski definition) is 1. The normalized spacial score (nSPS) is 19.0. The molecule has 0 saturated heterocycles. The minimum Gasteiger partial charge on any atom is -0.337 e. The first-order valence-electron chi connectivity index (χ1n) is 10.7. The van der Waals surface area contributed by atoms with Gasteiger partial charge in [-0.1, -0.05) is 49.2 Å². The second kappa shape index (κ2) is 8.62. The Hall–Kier alpha value is -2.26. The molecule has 0 bridgehead atoms. The van der Waals surface area contributed by atoms with Crippen LogP contribution in [-0.2, 0) is 17.6 Å². The Kier molecular flexibility index (Phi) is 5.96. The average Bonchev–Trinajstić information content (AvgIpc) is 3.12. The molecule has 4 rings (SSSR count). The van der Waals surface area contributed by atoms with Gasteiger partial charge in [0.2, 0.25) is 5.91 Å². The van der Waals surface area contributed by atoms with Crippen molar-refractivity contribution < 1.29 is 4.79 Å². The molecule has 29 heavy (non-hydrogen) atoms. The number of carbonyl (C=O) groups excluding carboxylic acids is 1. The number of carbonyl (C=O) groups is 1. The summed E-state index contributed by atoms with van der Waals surface area (Å²) in [5, 5.41) is 13.3. The molecular weight excluding hydrogens is 380 g/mol. The van der Waals surface area contributed by atoms with Crippen molar-refractivity contribution in [3.8, 4) is 11.8 Å². The van der Waals surface area contributed by atoms with E-state index in [0.717, 1.165) is 61.5 Å². The van der Waals surface area contributed by atoms with Crippen LogP contribution in [0.4, 0.5) is 0 Å². The number of thioether (sulfide) groups is 1. The standard InChI is InChI=1S/C23H28N4OS/c1-17(21(28)26-23(16-24)14-8-3-9-15-23)29-22-25-19-12-6-7-13-20(19)27(22)18-10-4-2-5-11-18/h2,4-5,10-11,17H,3,6-9,12-15H2,1H3,(H,26,28). The van der Waals surface area contributed by atoms with Crippen LogP contribution in [0.2, 0.25) is 0 Å². The van der Waals surface area contributed by atoms with Crippen LogP contribution in [-0.4, -0.2) is 26.2 Å². The van der Waals surface area contributed by atoms with Crippen molar-refractivity contribution >= 4 is 17.7 Å². The predicted molar refractivity (Wildman–Crippen MR) is 115 cm³/mol. The van der Waals surface area contributed by atoms with Gasteiger partial charge in [-0.25, -0.2) is 4.98 Å². The Morgan fingerprint density at radius 2 is 1.90 bits per heavy atom. The van der Waals surface area contributed by atoms with Gasteiger partial charge in [0.15, 0.2) is 5.16 Å². The Morgan fingerprint density at radius 1 is 1.17 bits per heavy atom. The van der Waals surface area contributed by atoms with Gasteiger partial charge in [-0.05, 0) is 57.6 Å². The number of amides is 1. The molecule has 0 radical (unpaired) electrons. The fourth-order valence-corrected chi connectivity index (χ4v) is 5.37. The second-order valence-electron chi connectivity index (χ2n) is 8.17. The molecule has 152 valence electrons. The number of rotatable bonds is 5. The molecule has 1 amide bonds. The molecule has 1 aromatic carbocycles. The van der Waals surface area contributed by atoms with Crippen LogP contribution in [0.3, 0.4) is 0 Å². The molecule has 1 saturated carbocycles. The number of aryl methyl sites for hydroxylation is 1. The first kappa shape index (κ1) is 20.0. The topological polar surface area (TPSA) is 70.7 Å². The van der Waals surface area contributed by atoms with Crippen LogP contribution in [0.15, 0.2) is 35.5 Å². The van der Waals surface area contributed by atoms with Gasteiger partial charge in [0.1, 0.15) is 5.54 Å². The average molecular weight is 409 g/mol. The zero-order valence-electron chi connectivity index (χ0n) is 17.0. The lowest BCUT2D eigenvalue weighted by atomic mass is 9.83. The number of nitrogens with zero attached hydrogens (tertiary/aromatic N) is 3. The van der Waals surface area contributed by atoms with Crippen molar-refractivity contribution in [1.29, 1.82) is 5.26 Å². The van der Waals surface area contributed by atoms with E-state index in [9.17, 15) is 10.1 Å². The second-order valence-corrected chi connectivity index (χ2v) is 9.48. The van der Waals surface area contributed by atoms with Crippen molar-refractivity contribution in [2.75, 3.05) is 0 Å². The Morgan fingerprint density at radius 3 is 2.62 bits per heavy atom. The van der Waals surface area contributed by atoms with Crippen molar-refractivity contribution in [3.05, 3.63) is 41.7 Å². The number of para-hydroxylation sites is 1. The summed E-state index contributed by atoms with van der Waals surface area (Å²) in [5.41, 5.74) is 2.84. The lowest BCUT2D eigenvalue weighted by molar-refractivity contribution is -0.121. The van der Waals surface area contributed by atoms with E-state index in [1.165, 1.54) is 30.3 Å². The fraction of sp³-hybridized carbons (Fsp3) is 0.522. The van der Waals surface area contributed by atoms with Gasteiger partial charge in [-0.15, -0.1) is 0 Å². The Bertz CT molecular complexity index is 909. The molecule has 2 aliphatic rings. The third-order valence-electron chi connectivity index (χ3n) is 6.05. The molecule has 0 spiro atoms. The van der Waals surface area contributed by atoms with E-state index in [0.29, 0.717) is 0 Å². The molecule has 1 atom stereocenters. The maximum Gasteiger partial charge on any atom is 0.234 e. The summed E-state index contributed by atoms with van der Waals surface area (Å²) in [6.07, 6.45) is 9.01. The fourth-order valence-electron chi connectivity index (χ4n) is 4.41. The number of benzene rings is 1. The maximum absolute atomic E-state index is 13.0. The quantitative estimate of drug-likeness (QED) is 0.736. The van der Waals surface area contributed by atoms with Crippen LogP contribution >= 0.6 is 11.8 Å². The van der Waals surface area contributed by atoms with E-state index >= 15 is 0 Å². The van der Waals surface area contributed by atoms with Crippen molar-refractivity contribution in [1.82, 2.24) is 14.9 Å². The molecule has 6 heteroatoms. The predicted octanol–water partition coefficient (Wildman–Crippen LogP) is 4.57. The third kappa shape index (κ3) is 4.20. The first-order valence-corrected chi connectivity index (χ1v) is 11.6. The molecular formula is C23H28N4OS. The van der Waals surface area contributed by atoms with E-state index < -0.39 is 5.54 Å². The molecule has 2 aliphatic carbocycles. The van der Waals surface area contributed by atoms with Crippen LogP contribution < -0.4 is 5.32 Å². The maximum atomic E-state index is 13.0. The van der Waals surface area contributed by atoms with E-state index in [-0.39, 0.29) is 11.2 Å². The van der Waals surface area contributed by atoms with Crippen molar-refractivity contribution in [2.45, 2.75) is 80.7 Å². The van der Waals surface area contributed by atoms with E-state index in [4.69, 9.17) is 4.98 Å². The van der Waals surface area contributed by atoms with Crippen molar-refractivity contribution in [3.63, 3.8) is 0 Å². The Labute approximate surface area is 176 Å². The summed E-state index contributed by atoms with van der Waals surface area (Å²) >= 11 is 1.49. The highest BCUT2D eigenvalue weighted by Crippen LogP contribution is 2.33. The summed E-state index contributed by atoms with van der Waals surface area (Å²) in [6, 6.07) is 12.7. The van der Waals surface area contributed by atoms with Gasteiger partial charge in [-0.3, -0.25) is 9.36 Å².